The molecular weight excluding hydrogens is 308 g/mol. The van der Waals surface area contributed by atoms with Crippen LogP contribution in [0.1, 0.15) is 40.9 Å². The van der Waals surface area contributed by atoms with Gasteiger partial charge in [0.05, 0.1) is 6.10 Å². The van der Waals surface area contributed by atoms with E-state index < -0.39 is 12.0 Å². The van der Waals surface area contributed by atoms with Crippen LogP contribution in [0.5, 0.6) is 0 Å². The van der Waals surface area contributed by atoms with Crippen molar-refractivity contribution in [1.29, 1.82) is 0 Å². The summed E-state index contributed by atoms with van der Waals surface area (Å²) < 4.78 is 10.8. The Bertz CT molecular complexity index is 569. The summed E-state index contributed by atoms with van der Waals surface area (Å²) in [6.07, 6.45) is 1.93. The largest absolute Gasteiger partial charge is 0.480 e. The van der Waals surface area contributed by atoms with Crippen molar-refractivity contribution in [2.45, 2.75) is 37.5 Å². The van der Waals surface area contributed by atoms with Gasteiger partial charge in [0.2, 0.25) is 0 Å². The summed E-state index contributed by atoms with van der Waals surface area (Å²) in [6.45, 7) is 0.995. The standard InChI is InChI=1S/C14H18N2O5S/c1-20-8-5-10(14(18)19)16(6-8)13(17)9-7-22-12(15-9)11-3-2-4-21-11/h7-8,10-11H,2-6H2,1H3,(H,18,19). The van der Waals surface area contributed by atoms with E-state index in [4.69, 9.17) is 9.47 Å². The molecular formula is C14H18N2O5S. The highest BCUT2D eigenvalue weighted by Gasteiger charge is 2.40. The van der Waals surface area contributed by atoms with Gasteiger partial charge in [-0.25, -0.2) is 9.78 Å². The van der Waals surface area contributed by atoms with E-state index in [1.165, 1.54) is 23.3 Å². The van der Waals surface area contributed by atoms with Gasteiger partial charge >= 0.3 is 5.97 Å². The second-order valence-electron chi connectivity index (χ2n) is 5.48. The molecule has 0 radical (unpaired) electrons. The first-order valence-electron chi connectivity index (χ1n) is 7.23. The minimum Gasteiger partial charge on any atom is -0.480 e. The van der Waals surface area contributed by atoms with E-state index in [1.54, 1.807) is 5.38 Å². The number of carbonyl (C=O) groups is 2. The first kappa shape index (κ1) is 15.4. The summed E-state index contributed by atoms with van der Waals surface area (Å²) in [4.78, 5) is 29.6. The van der Waals surface area contributed by atoms with Gasteiger partial charge in [0.15, 0.2) is 0 Å². The van der Waals surface area contributed by atoms with E-state index in [0.717, 1.165) is 24.5 Å². The summed E-state index contributed by atoms with van der Waals surface area (Å²) in [7, 11) is 1.52. The van der Waals surface area contributed by atoms with Crippen LogP contribution in [0.2, 0.25) is 0 Å². The molecule has 2 aliphatic rings. The number of ether oxygens (including phenoxy) is 2. The van der Waals surface area contributed by atoms with Gasteiger partial charge in [-0.3, -0.25) is 4.79 Å². The highest BCUT2D eigenvalue weighted by Crippen LogP contribution is 2.31. The van der Waals surface area contributed by atoms with E-state index in [0.29, 0.717) is 12.1 Å². The van der Waals surface area contributed by atoms with Crippen LogP contribution in [0.4, 0.5) is 0 Å². The van der Waals surface area contributed by atoms with Crippen LogP contribution in [0.3, 0.4) is 0 Å². The summed E-state index contributed by atoms with van der Waals surface area (Å²) in [5.74, 6) is -1.37. The number of aliphatic carboxylic acids is 1. The average Bonchev–Trinajstić information content (AvgIpc) is 3.23. The van der Waals surface area contributed by atoms with E-state index >= 15 is 0 Å². The van der Waals surface area contributed by atoms with Gasteiger partial charge in [-0.2, -0.15) is 0 Å². The molecule has 3 heterocycles. The van der Waals surface area contributed by atoms with Gasteiger partial charge in [-0.1, -0.05) is 0 Å². The number of likely N-dealkylation sites (tertiary alicyclic amines) is 1. The zero-order chi connectivity index (χ0) is 15.7. The van der Waals surface area contributed by atoms with Crippen LogP contribution in [0.25, 0.3) is 0 Å². The molecule has 3 atom stereocenters. The lowest BCUT2D eigenvalue weighted by atomic mass is 10.2. The first-order valence-corrected chi connectivity index (χ1v) is 8.11. The summed E-state index contributed by atoms with van der Waals surface area (Å²) in [6, 6.07) is -0.856. The molecule has 0 aliphatic carbocycles. The Balaban J connectivity index is 1.76. The quantitative estimate of drug-likeness (QED) is 0.897. The highest BCUT2D eigenvalue weighted by atomic mass is 32.1. The predicted molar refractivity (Wildman–Crippen MR) is 77.9 cm³/mol. The molecule has 1 N–H and O–H groups in total. The van der Waals surface area contributed by atoms with Crippen LogP contribution in [-0.2, 0) is 14.3 Å². The number of hydrogen-bond donors (Lipinski definition) is 1. The fourth-order valence-electron chi connectivity index (χ4n) is 2.88. The lowest BCUT2D eigenvalue weighted by Gasteiger charge is -2.20. The molecule has 1 aromatic heterocycles. The number of amides is 1. The summed E-state index contributed by atoms with van der Waals surface area (Å²) in [5, 5.41) is 11.7. The third-order valence-electron chi connectivity index (χ3n) is 4.09. The summed E-state index contributed by atoms with van der Waals surface area (Å²) >= 11 is 1.39. The van der Waals surface area contributed by atoms with Crippen molar-refractivity contribution in [2.24, 2.45) is 0 Å². The Labute approximate surface area is 131 Å². The third kappa shape index (κ3) is 2.86. The number of carboxylic acid groups (broad SMARTS) is 1. The minimum absolute atomic E-state index is 0.0351. The fraction of sp³-hybridized carbons (Fsp3) is 0.643. The fourth-order valence-corrected chi connectivity index (χ4v) is 3.75. The molecule has 0 saturated carbocycles. The van der Waals surface area contributed by atoms with E-state index in [-0.39, 0.29) is 24.7 Å². The maximum Gasteiger partial charge on any atom is 0.326 e. The SMILES string of the molecule is COC1CC(C(=O)O)N(C(=O)c2csc(C3CCCO3)n2)C1. The van der Waals surface area contributed by atoms with Gasteiger partial charge in [0.1, 0.15) is 22.8 Å². The second kappa shape index (κ2) is 6.31. The Morgan fingerprint density at radius 2 is 2.36 bits per heavy atom. The number of aromatic nitrogens is 1. The van der Waals surface area contributed by atoms with Crippen molar-refractivity contribution in [3.05, 3.63) is 16.1 Å². The molecule has 3 unspecified atom stereocenters. The topological polar surface area (TPSA) is 89.0 Å². The number of hydrogen-bond acceptors (Lipinski definition) is 6. The van der Waals surface area contributed by atoms with Crippen LogP contribution in [0, 0.1) is 0 Å². The van der Waals surface area contributed by atoms with Gasteiger partial charge in [0.25, 0.3) is 5.91 Å². The maximum absolute atomic E-state index is 12.6. The van der Waals surface area contributed by atoms with Crippen molar-refractivity contribution in [3.8, 4) is 0 Å². The van der Waals surface area contributed by atoms with E-state index in [1.807, 2.05) is 0 Å². The number of nitrogens with zero attached hydrogens (tertiary/aromatic N) is 2. The normalized spacial score (nSPS) is 28.2. The minimum atomic E-state index is -1.01. The molecule has 0 bridgehead atoms. The molecule has 0 aromatic carbocycles. The molecule has 8 heteroatoms. The van der Waals surface area contributed by atoms with Crippen molar-refractivity contribution in [1.82, 2.24) is 9.88 Å². The lowest BCUT2D eigenvalue weighted by Crippen LogP contribution is -2.40. The van der Waals surface area contributed by atoms with Crippen molar-refractivity contribution in [3.63, 3.8) is 0 Å². The highest BCUT2D eigenvalue weighted by molar-refractivity contribution is 7.09. The maximum atomic E-state index is 12.6. The Hall–Kier alpha value is -1.51. The van der Waals surface area contributed by atoms with Gasteiger partial charge in [0, 0.05) is 32.1 Å². The zero-order valence-electron chi connectivity index (χ0n) is 12.2. The summed E-state index contributed by atoms with van der Waals surface area (Å²) in [5.41, 5.74) is 0.290. The molecule has 1 aromatic rings. The monoisotopic (exact) mass is 326 g/mol. The van der Waals surface area contributed by atoms with Crippen molar-refractivity contribution in [2.75, 3.05) is 20.3 Å². The van der Waals surface area contributed by atoms with Crippen LogP contribution in [-0.4, -0.2) is 59.3 Å². The van der Waals surface area contributed by atoms with Gasteiger partial charge < -0.3 is 19.5 Å². The van der Waals surface area contributed by atoms with Gasteiger partial charge in [-0.15, -0.1) is 11.3 Å². The number of thiazole rings is 1. The van der Waals surface area contributed by atoms with E-state index in [9.17, 15) is 14.7 Å². The number of rotatable bonds is 4. The zero-order valence-corrected chi connectivity index (χ0v) is 13.0. The average molecular weight is 326 g/mol. The molecule has 3 rings (SSSR count). The molecule has 2 fully saturated rings. The van der Waals surface area contributed by atoms with Crippen LogP contribution >= 0.6 is 11.3 Å². The number of methoxy groups -OCH3 is 1. The third-order valence-corrected chi connectivity index (χ3v) is 5.02. The number of carboxylic acids is 1. The predicted octanol–water partition coefficient (Wildman–Crippen LogP) is 1.31. The van der Waals surface area contributed by atoms with Crippen molar-refractivity contribution < 1.29 is 24.2 Å². The number of carbonyl (C=O) groups excluding carboxylic acids is 1. The Morgan fingerprint density at radius 1 is 1.55 bits per heavy atom. The Morgan fingerprint density at radius 3 is 3.00 bits per heavy atom. The molecule has 2 aliphatic heterocycles. The molecule has 120 valence electrons. The second-order valence-corrected chi connectivity index (χ2v) is 6.37. The van der Waals surface area contributed by atoms with Crippen LogP contribution < -0.4 is 0 Å². The van der Waals surface area contributed by atoms with E-state index in [2.05, 4.69) is 4.98 Å². The molecule has 7 nitrogen and oxygen atoms in total. The lowest BCUT2D eigenvalue weighted by molar-refractivity contribution is -0.141. The first-order chi connectivity index (χ1) is 10.6. The molecule has 1 amide bonds. The Kier molecular flexibility index (Phi) is 4.42. The van der Waals surface area contributed by atoms with Crippen LogP contribution in [0.15, 0.2) is 5.38 Å². The molecule has 2 saturated heterocycles. The molecule has 0 spiro atoms. The van der Waals surface area contributed by atoms with Gasteiger partial charge in [-0.05, 0) is 12.8 Å². The van der Waals surface area contributed by atoms with Crippen molar-refractivity contribution >= 4 is 23.2 Å². The molecule has 22 heavy (non-hydrogen) atoms. The smallest absolute Gasteiger partial charge is 0.326 e.